The van der Waals surface area contributed by atoms with E-state index in [9.17, 15) is 0 Å². The molecule has 1 aliphatic heterocycles. The van der Waals surface area contributed by atoms with Crippen molar-refractivity contribution in [3.8, 4) is 0 Å². The number of para-hydroxylation sites is 1. The standard InChI is InChI=1S/C13H18N2/c14-12-10-13(12)6-8-15(9-7-13)11-4-2-1-3-5-11/h1-5,12H,6-10,14H2. The van der Waals surface area contributed by atoms with Crippen LogP contribution < -0.4 is 10.6 Å². The number of hydrogen-bond donors (Lipinski definition) is 1. The van der Waals surface area contributed by atoms with E-state index in [2.05, 4.69) is 35.2 Å². The Bertz CT molecular complexity index is 339. The van der Waals surface area contributed by atoms with Gasteiger partial charge in [0.25, 0.3) is 0 Å². The van der Waals surface area contributed by atoms with Crippen LogP contribution in [0.2, 0.25) is 0 Å². The quantitative estimate of drug-likeness (QED) is 0.754. The first-order valence-corrected chi connectivity index (χ1v) is 5.86. The van der Waals surface area contributed by atoms with Gasteiger partial charge in [0.1, 0.15) is 0 Å². The molecule has 1 aliphatic carbocycles. The van der Waals surface area contributed by atoms with Crippen LogP contribution in [0.15, 0.2) is 30.3 Å². The first-order chi connectivity index (χ1) is 7.30. The average molecular weight is 202 g/mol. The largest absolute Gasteiger partial charge is 0.371 e. The van der Waals surface area contributed by atoms with Gasteiger partial charge in [-0.15, -0.1) is 0 Å². The first kappa shape index (κ1) is 9.22. The molecule has 2 heteroatoms. The average Bonchev–Trinajstić information content (AvgIpc) is 2.91. The molecule has 2 nitrogen and oxygen atoms in total. The van der Waals surface area contributed by atoms with Crippen molar-refractivity contribution in [1.82, 2.24) is 0 Å². The van der Waals surface area contributed by atoms with Gasteiger partial charge in [-0.2, -0.15) is 0 Å². The second-order valence-corrected chi connectivity index (χ2v) is 5.00. The van der Waals surface area contributed by atoms with Crippen molar-refractivity contribution >= 4 is 5.69 Å². The fourth-order valence-electron chi connectivity index (χ4n) is 2.80. The molecule has 80 valence electrons. The van der Waals surface area contributed by atoms with E-state index in [0.29, 0.717) is 11.5 Å². The molecule has 1 aromatic carbocycles. The summed E-state index contributed by atoms with van der Waals surface area (Å²) in [5.74, 6) is 0. The minimum absolute atomic E-state index is 0.496. The van der Waals surface area contributed by atoms with Crippen LogP contribution >= 0.6 is 0 Å². The van der Waals surface area contributed by atoms with Gasteiger partial charge in [0.2, 0.25) is 0 Å². The van der Waals surface area contributed by atoms with Crippen LogP contribution in [0, 0.1) is 5.41 Å². The molecule has 1 heterocycles. The molecule has 1 atom stereocenters. The molecule has 1 saturated carbocycles. The number of hydrogen-bond acceptors (Lipinski definition) is 2. The highest BCUT2D eigenvalue weighted by molar-refractivity contribution is 5.46. The van der Waals surface area contributed by atoms with Gasteiger partial charge >= 0.3 is 0 Å². The molecular weight excluding hydrogens is 184 g/mol. The first-order valence-electron chi connectivity index (χ1n) is 5.86. The van der Waals surface area contributed by atoms with Crippen LogP contribution in [0.3, 0.4) is 0 Å². The molecule has 1 spiro atoms. The summed E-state index contributed by atoms with van der Waals surface area (Å²) in [6.07, 6.45) is 3.82. The lowest BCUT2D eigenvalue weighted by atomic mass is 9.92. The van der Waals surface area contributed by atoms with Crippen molar-refractivity contribution in [2.24, 2.45) is 11.1 Å². The molecule has 1 aromatic rings. The maximum Gasteiger partial charge on any atom is 0.0366 e. The Morgan fingerprint density at radius 3 is 2.27 bits per heavy atom. The minimum Gasteiger partial charge on any atom is -0.371 e. The van der Waals surface area contributed by atoms with Crippen LogP contribution in [0.25, 0.3) is 0 Å². The third-order valence-corrected chi connectivity index (χ3v) is 4.13. The van der Waals surface area contributed by atoms with Crippen molar-refractivity contribution in [2.75, 3.05) is 18.0 Å². The monoisotopic (exact) mass is 202 g/mol. The summed E-state index contributed by atoms with van der Waals surface area (Å²) in [4.78, 5) is 2.48. The second kappa shape index (κ2) is 3.24. The topological polar surface area (TPSA) is 29.3 Å². The zero-order valence-corrected chi connectivity index (χ0v) is 9.02. The molecule has 2 N–H and O–H groups in total. The highest BCUT2D eigenvalue weighted by atomic mass is 15.1. The third-order valence-electron chi connectivity index (χ3n) is 4.13. The van der Waals surface area contributed by atoms with Crippen molar-refractivity contribution in [3.63, 3.8) is 0 Å². The lowest BCUT2D eigenvalue weighted by Gasteiger charge is -2.34. The van der Waals surface area contributed by atoms with Gasteiger partial charge < -0.3 is 10.6 Å². The maximum atomic E-state index is 6.00. The van der Waals surface area contributed by atoms with Crippen molar-refractivity contribution in [2.45, 2.75) is 25.3 Å². The van der Waals surface area contributed by atoms with E-state index in [1.807, 2.05) is 0 Å². The van der Waals surface area contributed by atoms with Crippen LogP contribution in [0.4, 0.5) is 5.69 Å². The van der Waals surface area contributed by atoms with Gasteiger partial charge in [-0.1, -0.05) is 18.2 Å². The fourth-order valence-corrected chi connectivity index (χ4v) is 2.80. The maximum absolute atomic E-state index is 6.00. The van der Waals surface area contributed by atoms with E-state index >= 15 is 0 Å². The van der Waals surface area contributed by atoms with Crippen molar-refractivity contribution in [3.05, 3.63) is 30.3 Å². The lowest BCUT2D eigenvalue weighted by Crippen LogP contribution is -2.36. The van der Waals surface area contributed by atoms with Crippen LogP contribution in [-0.4, -0.2) is 19.1 Å². The normalized spacial score (nSPS) is 28.1. The molecule has 0 radical (unpaired) electrons. The summed E-state index contributed by atoms with van der Waals surface area (Å²) < 4.78 is 0. The van der Waals surface area contributed by atoms with Crippen LogP contribution in [0.1, 0.15) is 19.3 Å². The zero-order chi connectivity index (χ0) is 10.3. The molecular formula is C13H18N2. The second-order valence-electron chi connectivity index (χ2n) is 5.00. The predicted molar refractivity (Wildman–Crippen MR) is 62.9 cm³/mol. The van der Waals surface area contributed by atoms with Gasteiger partial charge in [-0.25, -0.2) is 0 Å². The highest BCUT2D eigenvalue weighted by Gasteiger charge is 2.52. The number of rotatable bonds is 1. The Balaban J connectivity index is 1.68. The summed E-state index contributed by atoms with van der Waals surface area (Å²) in [7, 11) is 0. The Hall–Kier alpha value is -1.02. The van der Waals surface area contributed by atoms with E-state index < -0.39 is 0 Å². The molecule has 1 saturated heterocycles. The lowest BCUT2D eigenvalue weighted by molar-refractivity contribution is 0.371. The zero-order valence-electron chi connectivity index (χ0n) is 9.02. The molecule has 3 rings (SSSR count). The number of piperidine rings is 1. The molecule has 1 unspecified atom stereocenters. The Labute approximate surface area is 91.1 Å². The van der Waals surface area contributed by atoms with Crippen molar-refractivity contribution in [1.29, 1.82) is 0 Å². The van der Waals surface area contributed by atoms with E-state index in [1.54, 1.807) is 0 Å². The van der Waals surface area contributed by atoms with Gasteiger partial charge in [-0.05, 0) is 36.8 Å². The summed E-state index contributed by atoms with van der Waals surface area (Å²) in [6.45, 7) is 2.36. The van der Waals surface area contributed by atoms with Gasteiger partial charge in [0, 0.05) is 24.8 Å². The van der Waals surface area contributed by atoms with Gasteiger partial charge in [0.05, 0.1) is 0 Å². The molecule has 2 aliphatic rings. The van der Waals surface area contributed by atoms with E-state index in [1.165, 1.54) is 38.0 Å². The van der Waals surface area contributed by atoms with E-state index in [-0.39, 0.29) is 0 Å². The molecule has 0 bridgehead atoms. The molecule has 15 heavy (non-hydrogen) atoms. The smallest absolute Gasteiger partial charge is 0.0366 e. The fraction of sp³-hybridized carbons (Fsp3) is 0.538. The minimum atomic E-state index is 0.496. The number of nitrogens with two attached hydrogens (primary N) is 1. The van der Waals surface area contributed by atoms with Crippen LogP contribution in [0.5, 0.6) is 0 Å². The number of nitrogens with zero attached hydrogens (tertiary/aromatic N) is 1. The molecule has 2 fully saturated rings. The van der Waals surface area contributed by atoms with Crippen molar-refractivity contribution < 1.29 is 0 Å². The molecule has 0 aromatic heterocycles. The van der Waals surface area contributed by atoms with E-state index in [4.69, 9.17) is 5.73 Å². The Morgan fingerprint density at radius 1 is 1.13 bits per heavy atom. The molecule has 0 amide bonds. The van der Waals surface area contributed by atoms with Gasteiger partial charge in [0.15, 0.2) is 0 Å². The number of anilines is 1. The summed E-state index contributed by atoms with van der Waals surface area (Å²) in [5, 5.41) is 0. The summed E-state index contributed by atoms with van der Waals surface area (Å²) in [5.41, 5.74) is 7.89. The SMILES string of the molecule is NC1CC12CCN(c1ccccc1)CC2. The Morgan fingerprint density at radius 2 is 1.73 bits per heavy atom. The predicted octanol–water partition coefficient (Wildman–Crippen LogP) is 2.00. The Kier molecular flexibility index (Phi) is 1.99. The van der Waals surface area contributed by atoms with E-state index in [0.717, 1.165) is 0 Å². The van der Waals surface area contributed by atoms with Crippen LogP contribution in [-0.2, 0) is 0 Å². The van der Waals surface area contributed by atoms with Gasteiger partial charge in [-0.3, -0.25) is 0 Å². The third kappa shape index (κ3) is 1.53. The summed E-state index contributed by atoms with van der Waals surface area (Å²) in [6, 6.07) is 11.2. The highest BCUT2D eigenvalue weighted by Crippen LogP contribution is 2.52. The number of benzene rings is 1. The summed E-state index contributed by atoms with van der Waals surface area (Å²) >= 11 is 0.